The molecule has 0 aliphatic rings. The first-order valence-electron chi connectivity index (χ1n) is 7.27. The van der Waals surface area contributed by atoms with E-state index < -0.39 is 11.9 Å². The van der Waals surface area contributed by atoms with Gasteiger partial charge in [0.25, 0.3) is 0 Å². The van der Waals surface area contributed by atoms with Crippen LogP contribution in [0, 0.1) is 20.8 Å². The number of aryl methyl sites for hydroxylation is 1. The zero-order valence-corrected chi connectivity index (χ0v) is 13.3. The highest BCUT2D eigenvalue weighted by Crippen LogP contribution is 2.22. The number of ketones is 1. The summed E-state index contributed by atoms with van der Waals surface area (Å²) in [7, 11) is 0. The van der Waals surface area contributed by atoms with E-state index in [-0.39, 0.29) is 5.78 Å². The zero-order chi connectivity index (χ0) is 16.4. The molecule has 1 N–H and O–H groups in total. The molecule has 0 saturated heterocycles. The Morgan fingerprint density at radius 2 is 1.68 bits per heavy atom. The summed E-state index contributed by atoms with van der Waals surface area (Å²) < 4.78 is 0. The number of rotatable bonds is 4. The zero-order valence-electron chi connectivity index (χ0n) is 13.3. The van der Waals surface area contributed by atoms with Gasteiger partial charge in [0.15, 0.2) is 5.78 Å². The van der Waals surface area contributed by atoms with E-state index in [4.69, 9.17) is 5.11 Å². The first-order chi connectivity index (χ1) is 10.3. The van der Waals surface area contributed by atoms with Crippen LogP contribution in [0.15, 0.2) is 36.4 Å². The van der Waals surface area contributed by atoms with Crippen molar-refractivity contribution in [1.29, 1.82) is 0 Å². The first-order valence-corrected chi connectivity index (χ1v) is 7.27. The third-order valence-corrected chi connectivity index (χ3v) is 4.32. The van der Waals surface area contributed by atoms with Gasteiger partial charge in [0.05, 0.1) is 5.92 Å². The maximum atomic E-state index is 12.7. The summed E-state index contributed by atoms with van der Waals surface area (Å²) in [5.41, 5.74) is 5.07. The maximum absolute atomic E-state index is 12.7. The van der Waals surface area contributed by atoms with Crippen LogP contribution >= 0.6 is 0 Å². The molecule has 0 bridgehead atoms. The van der Waals surface area contributed by atoms with Crippen molar-refractivity contribution in [2.45, 2.75) is 33.6 Å². The van der Waals surface area contributed by atoms with Crippen molar-refractivity contribution < 1.29 is 14.7 Å². The van der Waals surface area contributed by atoms with Crippen molar-refractivity contribution in [3.8, 4) is 0 Å². The summed E-state index contributed by atoms with van der Waals surface area (Å²) in [5, 5.41) is 9.11. The molecule has 3 heteroatoms. The minimum atomic E-state index is -0.896. The van der Waals surface area contributed by atoms with E-state index in [1.807, 2.05) is 32.9 Å². The molecule has 2 aromatic rings. The fourth-order valence-corrected chi connectivity index (χ4v) is 2.45. The Labute approximate surface area is 130 Å². The predicted octanol–water partition coefficient (Wildman–Crippen LogP) is 4.03. The van der Waals surface area contributed by atoms with Gasteiger partial charge in [0, 0.05) is 11.1 Å². The molecule has 0 fully saturated rings. The van der Waals surface area contributed by atoms with Crippen LogP contribution < -0.4 is 0 Å². The van der Waals surface area contributed by atoms with Gasteiger partial charge >= 0.3 is 5.97 Å². The lowest BCUT2D eigenvalue weighted by Gasteiger charge is -2.12. The highest BCUT2D eigenvalue weighted by molar-refractivity contribution is 6.10. The van der Waals surface area contributed by atoms with Crippen molar-refractivity contribution in [2.24, 2.45) is 0 Å². The van der Waals surface area contributed by atoms with Crippen LogP contribution in [0.4, 0.5) is 0 Å². The molecule has 114 valence electrons. The first kappa shape index (κ1) is 16.0. The largest absolute Gasteiger partial charge is 0.481 e. The average molecular weight is 296 g/mol. The van der Waals surface area contributed by atoms with Gasteiger partial charge in [-0.15, -0.1) is 0 Å². The third kappa shape index (κ3) is 2.93. The highest BCUT2D eigenvalue weighted by atomic mass is 16.4. The molecule has 0 aliphatic heterocycles. The molecular weight excluding hydrogens is 276 g/mol. The molecular formula is C19H20O3. The minimum Gasteiger partial charge on any atom is -0.481 e. The van der Waals surface area contributed by atoms with E-state index in [0.29, 0.717) is 16.7 Å². The summed E-state index contributed by atoms with van der Waals surface area (Å²) in [6.07, 6.45) is 0. The third-order valence-electron chi connectivity index (χ3n) is 4.32. The van der Waals surface area contributed by atoms with Gasteiger partial charge in [-0.3, -0.25) is 9.59 Å². The number of carboxylic acids is 1. The summed E-state index contributed by atoms with van der Waals surface area (Å²) in [5.74, 6) is -1.60. The molecule has 2 aromatic carbocycles. The summed E-state index contributed by atoms with van der Waals surface area (Å²) in [4.78, 5) is 23.8. The van der Waals surface area contributed by atoms with E-state index in [0.717, 1.165) is 16.7 Å². The van der Waals surface area contributed by atoms with Gasteiger partial charge in [-0.05, 0) is 56.0 Å². The van der Waals surface area contributed by atoms with Crippen LogP contribution in [0.5, 0.6) is 0 Å². The Hall–Kier alpha value is -2.42. The number of aliphatic carboxylic acids is 1. The Morgan fingerprint density at radius 1 is 1.00 bits per heavy atom. The van der Waals surface area contributed by atoms with Gasteiger partial charge in [-0.2, -0.15) is 0 Å². The molecule has 0 aliphatic carbocycles. The summed E-state index contributed by atoms with van der Waals surface area (Å²) in [6.45, 7) is 7.59. The summed E-state index contributed by atoms with van der Waals surface area (Å²) >= 11 is 0. The number of benzene rings is 2. The molecule has 0 radical (unpaired) electrons. The van der Waals surface area contributed by atoms with E-state index >= 15 is 0 Å². The highest BCUT2D eigenvalue weighted by Gasteiger charge is 2.18. The topological polar surface area (TPSA) is 54.4 Å². The monoisotopic (exact) mass is 296 g/mol. The van der Waals surface area contributed by atoms with Gasteiger partial charge in [0.2, 0.25) is 0 Å². The fraction of sp³-hybridized carbons (Fsp3) is 0.263. The normalized spacial score (nSPS) is 12.0. The predicted molar refractivity (Wildman–Crippen MR) is 86.6 cm³/mol. The van der Waals surface area contributed by atoms with Gasteiger partial charge in [-0.1, -0.05) is 30.3 Å². The second-order valence-corrected chi connectivity index (χ2v) is 5.69. The lowest BCUT2D eigenvalue weighted by Crippen LogP contribution is -2.10. The molecule has 2 rings (SSSR count). The van der Waals surface area contributed by atoms with Crippen LogP contribution in [-0.2, 0) is 4.79 Å². The Kier molecular flexibility index (Phi) is 4.45. The van der Waals surface area contributed by atoms with E-state index in [1.54, 1.807) is 31.2 Å². The molecule has 22 heavy (non-hydrogen) atoms. The Balaban J connectivity index is 2.45. The van der Waals surface area contributed by atoms with Crippen molar-refractivity contribution in [3.05, 3.63) is 69.8 Å². The fourth-order valence-electron chi connectivity index (χ4n) is 2.45. The molecule has 0 amide bonds. The molecule has 1 atom stereocenters. The van der Waals surface area contributed by atoms with Crippen molar-refractivity contribution in [2.75, 3.05) is 0 Å². The lowest BCUT2D eigenvalue weighted by atomic mass is 9.91. The van der Waals surface area contributed by atoms with Crippen molar-refractivity contribution >= 4 is 11.8 Å². The molecule has 0 heterocycles. The van der Waals surface area contributed by atoms with Crippen molar-refractivity contribution in [3.63, 3.8) is 0 Å². The number of carbonyl (C=O) groups excluding carboxylic acids is 1. The minimum absolute atomic E-state index is 0.0694. The van der Waals surface area contributed by atoms with E-state index in [2.05, 4.69) is 0 Å². The van der Waals surface area contributed by atoms with Crippen LogP contribution in [0.2, 0.25) is 0 Å². The smallest absolute Gasteiger partial charge is 0.310 e. The van der Waals surface area contributed by atoms with Crippen LogP contribution in [0.1, 0.15) is 51.0 Å². The number of carboxylic acid groups (broad SMARTS) is 1. The van der Waals surface area contributed by atoms with E-state index in [1.165, 1.54) is 0 Å². The standard InChI is InChI=1S/C19H20O3/c1-11-8-9-17(13(3)12(11)2)18(20)16-7-5-6-15(10-16)14(4)19(21)22/h5-10,14H,1-4H3,(H,21,22)/t14-/m1/s1. The molecule has 0 aromatic heterocycles. The molecule has 0 saturated carbocycles. The second-order valence-electron chi connectivity index (χ2n) is 5.69. The Morgan fingerprint density at radius 3 is 2.32 bits per heavy atom. The molecule has 0 spiro atoms. The van der Waals surface area contributed by atoms with Crippen LogP contribution in [-0.4, -0.2) is 16.9 Å². The maximum Gasteiger partial charge on any atom is 0.310 e. The quantitative estimate of drug-likeness (QED) is 0.867. The van der Waals surface area contributed by atoms with Crippen molar-refractivity contribution in [1.82, 2.24) is 0 Å². The molecule has 0 unspecified atom stereocenters. The second kappa shape index (κ2) is 6.14. The SMILES string of the molecule is Cc1ccc(C(=O)c2cccc([C@@H](C)C(=O)O)c2)c(C)c1C. The van der Waals surface area contributed by atoms with Crippen LogP contribution in [0.25, 0.3) is 0 Å². The average Bonchev–Trinajstić information content (AvgIpc) is 2.51. The summed E-state index contributed by atoms with van der Waals surface area (Å²) in [6, 6.07) is 10.7. The van der Waals surface area contributed by atoms with E-state index in [9.17, 15) is 9.59 Å². The number of carbonyl (C=O) groups is 2. The number of hydrogen-bond acceptors (Lipinski definition) is 2. The van der Waals surface area contributed by atoms with Gasteiger partial charge in [0.1, 0.15) is 0 Å². The van der Waals surface area contributed by atoms with Gasteiger partial charge < -0.3 is 5.11 Å². The molecule has 3 nitrogen and oxygen atoms in total. The van der Waals surface area contributed by atoms with Crippen LogP contribution in [0.3, 0.4) is 0 Å². The Bertz CT molecular complexity index is 744. The van der Waals surface area contributed by atoms with Gasteiger partial charge in [-0.25, -0.2) is 0 Å². The number of hydrogen-bond donors (Lipinski definition) is 1. The lowest BCUT2D eigenvalue weighted by molar-refractivity contribution is -0.138.